The molecular weight excluding hydrogens is 576 g/mol. The van der Waals surface area contributed by atoms with Crippen LogP contribution in [0.2, 0.25) is 5.02 Å². The average molecular weight is 603 g/mol. The first kappa shape index (κ1) is 28.2. The van der Waals surface area contributed by atoms with Gasteiger partial charge in [-0.05, 0) is 54.1 Å². The number of halogens is 1. The Balaban J connectivity index is 1.14. The monoisotopic (exact) mass is 602 g/mol. The van der Waals surface area contributed by atoms with E-state index in [1.165, 1.54) is 16.9 Å². The predicted octanol–water partition coefficient (Wildman–Crippen LogP) is 9.01. The van der Waals surface area contributed by atoms with Crippen molar-refractivity contribution in [2.45, 2.75) is 13.5 Å². The first-order chi connectivity index (χ1) is 21.0. The van der Waals surface area contributed by atoms with Crippen molar-refractivity contribution in [2.75, 3.05) is 5.32 Å². The summed E-state index contributed by atoms with van der Waals surface area (Å²) in [4.78, 5) is 17.6. The number of hydrogen-bond acceptors (Lipinski definition) is 6. The van der Waals surface area contributed by atoms with Gasteiger partial charge in [-0.2, -0.15) is 5.10 Å². The number of carbonyl (C=O) groups is 1. The fraction of sp³-hybridized carbons (Fsp3) is 0.0571. The highest BCUT2D eigenvalue weighted by molar-refractivity contribution is 7.14. The van der Waals surface area contributed by atoms with Crippen LogP contribution < -0.4 is 15.5 Å². The molecule has 0 radical (unpaired) electrons. The van der Waals surface area contributed by atoms with E-state index in [1.54, 1.807) is 18.3 Å². The number of rotatable bonds is 9. The first-order valence-corrected chi connectivity index (χ1v) is 14.9. The molecule has 2 N–H and O–H groups in total. The number of nitrogens with one attached hydrogen (secondary N) is 2. The maximum Gasteiger partial charge on any atom is 0.271 e. The van der Waals surface area contributed by atoms with Gasteiger partial charge in [-0.25, -0.2) is 10.4 Å². The standard InChI is InChI=1S/C35H27ClN4O2S/c1-23-10-17-28(18-11-23)38-35-39-32(22-43-35)25-12-14-26(15-13-25)34(41)40-37-20-30-29-8-4-2-6-24(29)16-19-33(30)42-21-27-7-3-5-9-31(27)36/h2-20,22H,21H2,1H3,(H,38,39)(H,40,41)/b37-20-. The fourth-order valence-corrected chi connectivity index (χ4v) is 5.47. The van der Waals surface area contributed by atoms with Crippen LogP contribution in [-0.4, -0.2) is 17.1 Å². The van der Waals surface area contributed by atoms with Crippen molar-refractivity contribution in [1.82, 2.24) is 10.4 Å². The second-order valence-electron chi connectivity index (χ2n) is 9.88. The molecule has 1 heterocycles. The number of ether oxygens (including phenoxy) is 1. The number of thiazole rings is 1. The molecule has 6 rings (SSSR count). The van der Waals surface area contributed by atoms with Crippen LogP contribution in [0.1, 0.15) is 27.0 Å². The van der Waals surface area contributed by atoms with E-state index in [1.807, 2.05) is 90.3 Å². The second kappa shape index (κ2) is 12.9. The molecule has 6 aromatic rings. The number of nitrogens with zero attached hydrogens (tertiary/aromatic N) is 2. The molecule has 0 spiro atoms. The maximum atomic E-state index is 12.9. The summed E-state index contributed by atoms with van der Waals surface area (Å²) in [5, 5.41) is 13.1. The summed E-state index contributed by atoms with van der Waals surface area (Å²) in [7, 11) is 0. The van der Waals surface area contributed by atoms with E-state index in [-0.39, 0.29) is 5.91 Å². The molecule has 0 fully saturated rings. The Morgan fingerprint density at radius 2 is 1.70 bits per heavy atom. The van der Waals surface area contributed by atoms with Crippen LogP contribution in [0.4, 0.5) is 10.8 Å². The third-order valence-electron chi connectivity index (χ3n) is 6.88. The highest BCUT2D eigenvalue weighted by atomic mass is 35.5. The molecule has 0 unspecified atom stereocenters. The lowest BCUT2D eigenvalue weighted by Crippen LogP contribution is -2.17. The molecule has 6 nitrogen and oxygen atoms in total. The van der Waals surface area contributed by atoms with Crippen molar-refractivity contribution in [1.29, 1.82) is 0 Å². The van der Waals surface area contributed by atoms with Gasteiger partial charge >= 0.3 is 0 Å². The molecule has 1 amide bonds. The molecule has 0 bridgehead atoms. The zero-order chi connectivity index (χ0) is 29.6. The van der Waals surface area contributed by atoms with Gasteiger partial charge in [0.2, 0.25) is 0 Å². The maximum absolute atomic E-state index is 12.9. The highest BCUT2D eigenvalue weighted by Gasteiger charge is 2.11. The SMILES string of the molecule is Cc1ccc(Nc2nc(-c3ccc(C(=O)N/N=C\c4c(OCc5ccccc5Cl)ccc5ccccc45)cc3)cs2)cc1. The van der Waals surface area contributed by atoms with Crippen LogP contribution in [0.15, 0.2) is 120 Å². The Hall–Kier alpha value is -4.98. The molecule has 0 aliphatic rings. The van der Waals surface area contributed by atoms with E-state index in [2.05, 4.69) is 34.9 Å². The second-order valence-corrected chi connectivity index (χ2v) is 11.1. The lowest BCUT2D eigenvalue weighted by molar-refractivity contribution is 0.0955. The highest BCUT2D eigenvalue weighted by Crippen LogP contribution is 2.29. The van der Waals surface area contributed by atoms with Crippen LogP contribution in [0.25, 0.3) is 22.0 Å². The van der Waals surface area contributed by atoms with Crippen LogP contribution in [0.5, 0.6) is 5.75 Å². The zero-order valence-electron chi connectivity index (χ0n) is 23.3. The van der Waals surface area contributed by atoms with Crippen molar-refractivity contribution < 1.29 is 9.53 Å². The van der Waals surface area contributed by atoms with E-state index in [0.717, 1.165) is 44.0 Å². The number of aryl methyl sites for hydroxylation is 1. The van der Waals surface area contributed by atoms with Crippen molar-refractivity contribution in [2.24, 2.45) is 5.10 Å². The summed E-state index contributed by atoms with van der Waals surface area (Å²) in [6.07, 6.45) is 1.62. The Morgan fingerprint density at radius 1 is 0.930 bits per heavy atom. The van der Waals surface area contributed by atoms with Gasteiger partial charge in [0.1, 0.15) is 12.4 Å². The van der Waals surface area contributed by atoms with E-state index in [0.29, 0.717) is 22.9 Å². The number of hydrogen-bond donors (Lipinski definition) is 2. The van der Waals surface area contributed by atoms with Crippen molar-refractivity contribution >= 4 is 56.7 Å². The minimum absolute atomic E-state index is 0.306. The smallest absolute Gasteiger partial charge is 0.271 e. The van der Waals surface area contributed by atoms with Gasteiger partial charge in [0.25, 0.3) is 5.91 Å². The Bertz CT molecular complexity index is 1920. The van der Waals surface area contributed by atoms with Crippen LogP contribution in [-0.2, 0) is 6.61 Å². The fourth-order valence-electron chi connectivity index (χ4n) is 4.54. The van der Waals surface area contributed by atoms with Gasteiger partial charge in [0, 0.05) is 38.3 Å². The lowest BCUT2D eigenvalue weighted by atomic mass is 10.0. The number of fused-ring (bicyclic) bond motifs is 1. The van der Waals surface area contributed by atoms with Crippen LogP contribution in [0, 0.1) is 6.92 Å². The molecule has 212 valence electrons. The molecular formula is C35H27ClN4O2S. The Labute approximate surface area is 258 Å². The number of hydrazone groups is 1. The molecule has 0 saturated heterocycles. The molecule has 43 heavy (non-hydrogen) atoms. The van der Waals surface area contributed by atoms with E-state index < -0.39 is 0 Å². The van der Waals surface area contributed by atoms with Crippen LogP contribution >= 0.6 is 22.9 Å². The Morgan fingerprint density at radius 3 is 2.51 bits per heavy atom. The number of aromatic nitrogens is 1. The quantitative estimate of drug-likeness (QED) is 0.128. The summed E-state index contributed by atoms with van der Waals surface area (Å²) >= 11 is 7.85. The summed E-state index contributed by atoms with van der Waals surface area (Å²) in [5.74, 6) is 0.321. The van der Waals surface area contributed by atoms with E-state index >= 15 is 0 Å². The third-order valence-corrected chi connectivity index (χ3v) is 8.01. The van der Waals surface area contributed by atoms with Crippen molar-refractivity contribution in [3.8, 4) is 17.0 Å². The van der Waals surface area contributed by atoms with Gasteiger partial charge in [0.15, 0.2) is 5.13 Å². The molecule has 0 aliphatic carbocycles. The minimum Gasteiger partial charge on any atom is -0.488 e. The average Bonchev–Trinajstić information content (AvgIpc) is 3.50. The molecule has 0 aliphatic heterocycles. The van der Waals surface area contributed by atoms with Gasteiger partial charge in [0.05, 0.1) is 11.9 Å². The Kier molecular flexibility index (Phi) is 8.45. The van der Waals surface area contributed by atoms with Crippen molar-refractivity contribution in [3.05, 3.63) is 142 Å². The molecule has 8 heteroatoms. The third kappa shape index (κ3) is 6.75. The number of anilines is 2. The number of amides is 1. The summed E-state index contributed by atoms with van der Waals surface area (Å²) in [6.45, 7) is 2.36. The van der Waals surface area contributed by atoms with E-state index in [9.17, 15) is 4.79 Å². The van der Waals surface area contributed by atoms with Gasteiger partial charge < -0.3 is 10.1 Å². The summed E-state index contributed by atoms with van der Waals surface area (Å²) < 4.78 is 6.15. The van der Waals surface area contributed by atoms with Crippen molar-refractivity contribution in [3.63, 3.8) is 0 Å². The van der Waals surface area contributed by atoms with Gasteiger partial charge in [-0.15, -0.1) is 11.3 Å². The molecule has 0 saturated carbocycles. The molecule has 5 aromatic carbocycles. The topological polar surface area (TPSA) is 75.6 Å². The number of carbonyl (C=O) groups excluding carboxylic acids is 1. The molecule has 0 atom stereocenters. The minimum atomic E-state index is -0.318. The largest absolute Gasteiger partial charge is 0.488 e. The normalized spacial score (nSPS) is 11.1. The van der Waals surface area contributed by atoms with E-state index in [4.69, 9.17) is 21.3 Å². The summed E-state index contributed by atoms with van der Waals surface area (Å²) in [5.41, 5.74) is 8.73. The first-order valence-electron chi connectivity index (χ1n) is 13.6. The predicted molar refractivity (Wildman–Crippen MR) is 177 cm³/mol. The van der Waals surface area contributed by atoms with Crippen LogP contribution in [0.3, 0.4) is 0 Å². The van der Waals surface area contributed by atoms with Gasteiger partial charge in [-0.3, -0.25) is 4.79 Å². The summed E-state index contributed by atoms with van der Waals surface area (Å²) in [6, 6.07) is 34.9. The number of benzene rings is 5. The zero-order valence-corrected chi connectivity index (χ0v) is 24.8. The van der Waals surface area contributed by atoms with Gasteiger partial charge in [-0.1, -0.05) is 90.0 Å². The lowest BCUT2D eigenvalue weighted by Gasteiger charge is -2.12. The molecule has 1 aromatic heterocycles.